The third-order valence-corrected chi connectivity index (χ3v) is 5.08. The second-order valence-electron chi connectivity index (χ2n) is 6.53. The maximum atomic E-state index is 12.4. The van der Waals surface area contributed by atoms with Crippen molar-refractivity contribution in [2.24, 2.45) is 17.1 Å². The van der Waals surface area contributed by atoms with E-state index >= 15 is 0 Å². The number of sulfone groups is 1. The predicted molar refractivity (Wildman–Crippen MR) is 76.5 cm³/mol. The van der Waals surface area contributed by atoms with Gasteiger partial charge in [0.15, 0.2) is 9.84 Å². The number of carbonyl (C=O) groups is 1. The van der Waals surface area contributed by atoms with E-state index in [1.165, 1.54) is 0 Å². The van der Waals surface area contributed by atoms with Crippen LogP contribution >= 0.6 is 0 Å². The van der Waals surface area contributed by atoms with Gasteiger partial charge in [-0.05, 0) is 18.3 Å². The number of rotatable bonds is 3. The van der Waals surface area contributed by atoms with Crippen molar-refractivity contribution in [1.29, 1.82) is 0 Å². The van der Waals surface area contributed by atoms with Gasteiger partial charge in [-0.2, -0.15) is 0 Å². The highest BCUT2D eigenvalue weighted by Gasteiger charge is 2.29. The van der Waals surface area contributed by atoms with Crippen molar-refractivity contribution >= 4 is 15.7 Å². The lowest BCUT2D eigenvalue weighted by atomic mass is 9.84. The molecule has 1 amide bonds. The van der Waals surface area contributed by atoms with Gasteiger partial charge in [0.25, 0.3) is 0 Å². The molecule has 19 heavy (non-hydrogen) atoms. The van der Waals surface area contributed by atoms with Crippen LogP contribution in [0.3, 0.4) is 0 Å². The molecule has 0 aliphatic carbocycles. The number of carbonyl (C=O) groups excluding carboxylic acids is 1. The second-order valence-corrected chi connectivity index (χ2v) is 8.83. The van der Waals surface area contributed by atoms with Gasteiger partial charge in [-0.25, -0.2) is 8.42 Å². The standard InChI is InChI=1S/C13H26N2O3S/c1-13(2,3)9-11(10-14)12(16)15-5-4-7-19(17,18)8-6-15/h11H,4-10,14H2,1-3H3. The highest BCUT2D eigenvalue weighted by atomic mass is 32.2. The molecule has 0 spiro atoms. The Morgan fingerprint density at radius 1 is 1.26 bits per heavy atom. The monoisotopic (exact) mass is 290 g/mol. The van der Waals surface area contributed by atoms with Gasteiger partial charge in [0.1, 0.15) is 0 Å². The van der Waals surface area contributed by atoms with Crippen molar-refractivity contribution in [2.75, 3.05) is 31.1 Å². The van der Waals surface area contributed by atoms with E-state index < -0.39 is 9.84 Å². The summed E-state index contributed by atoms with van der Waals surface area (Å²) < 4.78 is 23.1. The van der Waals surface area contributed by atoms with E-state index in [0.29, 0.717) is 26.1 Å². The highest BCUT2D eigenvalue weighted by Crippen LogP contribution is 2.25. The first kappa shape index (κ1) is 16.4. The quantitative estimate of drug-likeness (QED) is 0.827. The smallest absolute Gasteiger partial charge is 0.227 e. The number of hydrogen-bond donors (Lipinski definition) is 1. The molecule has 2 N–H and O–H groups in total. The molecular weight excluding hydrogens is 264 g/mol. The third kappa shape index (κ3) is 5.48. The van der Waals surface area contributed by atoms with E-state index in [2.05, 4.69) is 20.8 Å². The Labute approximate surface area is 116 Å². The molecule has 6 heteroatoms. The lowest BCUT2D eigenvalue weighted by Crippen LogP contribution is -2.42. The Hall–Kier alpha value is -0.620. The summed E-state index contributed by atoms with van der Waals surface area (Å²) in [4.78, 5) is 14.1. The Kier molecular flexibility index (Phi) is 5.38. The lowest BCUT2D eigenvalue weighted by Gasteiger charge is -2.29. The summed E-state index contributed by atoms with van der Waals surface area (Å²) in [5.74, 6) is 0.0601. The number of nitrogens with zero attached hydrogens (tertiary/aromatic N) is 1. The van der Waals surface area contributed by atoms with Crippen LogP contribution in [0.5, 0.6) is 0 Å². The minimum absolute atomic E-state index is 0.00882. The molecule has 5 nitrogen and oxygen atoms in total. The van der Waals surface area contributed by atoms with Gasteiger partial charge in [0, 0.05) is 19.6 Å². The average Bonchev–Trinajstić information content (AvgIpc) is 2.45. The maximum absolute atomic E-state index is 12.4. The number of nitrogens with two attached hydrogens (primary N) is 1. The normalized spacial score (nSPS) is 21.8. The van der Waals surface area contributed by atoms with E-state index in [0.717, 1.165) is 6.42 Å². The summed E-state index contributed by atoms with van der Waals surface area (Å²) in [6.07, 6.45) is 1.26. The van der Waals surface area contributed by atoms with Crippen LogP contribution in [0.25, 0.3) is 0 Å². The van der Waals surface area contributed by atoms with E-state index in [1.54, 1.807) is 4.90 Å². The summed E-state index contributed by atoms with van der Waals surface area (Å²) in [5.41, 5.74) is 5.75. The fraction of sp³-hybridized carbons (Fsp3) is 0.923. The molecule has 112 valence electrons. The van der Waals surface area contributed by atoms with Crippen LogP contribution in [0, 0.1) is 11.3 Å². The van der Waals surface area contributed by atoms with Crippen LogP contribution < -0.4 is 5.73 Å². The molecule has 0 radical (unpaired) electrons. The summed E-state index contributed by atoms with van der Waals surface area (Å²) >= 11 is 0. The SMILES string of the molecule is CC(C)(C)CC(CN)C(=O)N1CCCS(=O)(=O)CC1. The van der Waals surface area contributed by atoms with Crippen molar-refractivity contribution < 1.29 is 13.2 Å². The minimum atomic E-state index is -2.98. The first-order valence-electron chi connectivity index (χ1n) is 6.84. The zero-order valence-corrected chi connectivity index (χ0v) is 13.0. The molecule has 1 rings (SSSR count). The Morgan fingerprint density at radius 2 is 1.89 bits per heavy atom. The topological polar surface area (TPSA) is 80.5 Å². The molecule has 1 aliphatic heterocycles. The van der Waals surface area contributed by atoms with Crippen LogP contribution in [-0.2, 0) is 14.6 Å². The van der Waals surface area contributed by atoms with Gasteiger partial charge < -0.3 is 10.6 Å². The minimum Gasteiger partial charge on any atom is -0.341 e. The zero-order chi connectivity index (χ0) is 14.7. The molecule has 0 saturated carbocycles. The first-order valence-corrected chi connectivity index (χ1v) is 8.66. The second kappa shape index (κ2) is 6.22. The molecule has 1 unspecified atom stereocenters. The molecule has 1 fully saturated rings. The van der Waals surface area contributed by atoms with Crippen LogP contribution in [0.4, 0.5) is 0 Å². The third-order valence-electron chi connectivity index (χ3n) is 3.36. The van der Waals surface area contributed by atoms with Crippen LogP contribution in [0.15, 0.2) is 0 Å². The van der Waals surface area contributed by atoms with Crippen LogP contribution in [-0.4, -0.2) is 50.4 Å². The predicted octanol–water partition coefficient (Wildman–Crippen LogP) is 0.645. The van der Waals surface area contributed by atoms with Crippen molar-refractivity contribution in [2.45, 2.75) is 33.6 Å². The van der Waals surface area contributed by atoms with Crippen molar-refractivity contribution in [3.63, 3.8) is 0 Å². The van der Waals surface area contributed by atoms with Crippen LogP contribution in [0.2, 0.25) is 0 Å². The highest BCUT2D eigenvalue weighted by molar-refractivity contribution is 7.91. The maximum Gasteiger partial charge on any atom is 0.227 e. The van der Waals surface area contributed by atoms with Gasteiger partial charge in [-0.3, -0.25) is 4.79 Å². The Morgan fingerprint density at radius 3 is 2.42 bits per heavy atom. The van der Waals surface area contributed by atoms with E-state index in [9.17, 15) is 13.2 Å². The molecule has 0 aromatic carbocycles. The molecule has 1 saturated heterocycles. The van der Waals surface area contributed by atoms with E-state index in [-0.39, 0.29) is 28.7 Å². The van der Waals surface area contributed by atoms with Crippen LogP contribution in [0.1, 0.15) is 33.6 Å². The molecule has 1 heterocycles. The zero-order valence-electron chi connectivity index (χ0n) is 12.2. The van der Waals surface area contributed by atoms with Crippen molar-refractivity contribution in [3.8, 4) is 0 Å². The van der Waals surface area contributed by atoms with E-state index in [1.807, 2.05) is 0 Å². The van der Waals surface area contributed by atoms with Gasteiger partial charge in [-0.1, -0.05) is 20.8 Å². The largest absolute Gasteiger partial charge is 0.341 e. The summed E-state index contributed by atoms with van der Waals surface area (Å²) in [6, 6.07) is 0. The van der Waals surface area contributed by atoms with Gasteiger partial charge in [0.05, 0.1) is 17.4 Å². The molecule has 0 aromatic rings. The average molecular weight is 290 g/mol. The van der Waals surface area contributed by atoms with Gasteiger partial charge in [0.2, 0.25) is 5.91 Å². The molecular formula is C13H26N2O3S. The van der Waals surface area contributed by atoms with Gasteiger partial charge in [-0.15, -0.1) is 0 Å². The molecule has 0 bridgehead atoms. The molecule has 0 aromatic heterocycles. The molecule has 1 atom stereocenters. The van der Waals surface area contributed by atoms with Crippen molar-refractivity contribution in [1.82, 2.24) is 4.90 Å². The van der Waals surface area contributed by atoms with Crippen molar-refractivity contribution in [3.05, 3.63) is 0 Å². The Bertz CT molecular complexity index is 412. The fourth-order valence-corrected chi connectivity index (χ4v) is 3.70. The summed E-state index contributed by atoms with van der Waals surface area (Å²) in [5, 5.41) is 0. The Balaban J connectivity index is 2.70. The number of amides is 1. The van der Waals surface area contributed by atoms with Gasteiger partial charge >= 0.3 is 0 Å². The lowest BCUT2D eigenvalue weighted by molar-refractivity contribution is -0.135. The number of hydrogen-bond acceptors (Lipinski definition) is 4. The first-order chi connectivity index (χ1) is 8.64. The fourth-order valence-electron chi connectivity index (χ4n) is 2.43. The van der Waals surface area contributed by atoms with E-state index in [4.69, 9.17) is 5.73 Å². The summed E-state index contributed by atoms with van der Waals surface area (Å²) in [6.45, 7) is 7.39. The molecule has 1 aliphatic rings. The summed E-state index contributed by atoms with van der Waals surface area (Å²) in [7, 11) is -2.98.